The second-order valence-electron chi connectivity index (χ2n) is 9.38. The van der Waals surface area contributed by atoms with Crippen molar-refractivity contribution in [3.63, 3.8) is 0 Å². The fraction of sp³-hybridized carbons (Fsp3) is 0.480. The molecule has 0 spiro atoms. The van der Waals surface area contributed by atoms with Crippen LogP contribution in [-0.4, -0.2) is 72.5 Å². The van der Waals surface area contributed by atoms with Crippen molar-refractivity contribution < 1.29 is 17.9 Å². The Kier molecular flexibility index (Phi) is 7.25. The minimum atomic E-state index is -3.88. The molecule has 1 aromatic carbocycles. The van der Waals surface area contributed by atoms with Gasteiger partial charge in [-0.15, -0.1) is 11.3 Å². The van der Waals surface area contributed by atoms with Gasteiger partial charge < -0.3 is 9.64 Å². The van der Waals surface area contributed by atoms with Crippen molar-refractivity contribution in [2.45, 2.75) is 37.6 Å². The predicted octanol–water partition coefficient (Wildman–Crippen LogP) is 2.27. The smallest absolute Gasteiger partial charge is 0.263 e. The van der Waals surface area contributed by atoms with Crippen LogP contribution in [0.1, 0.15) is 23.3 Å². The molecule has 0 radical (unpaired) electrons. The SMILES string of the molecule is Cc1sc2ncn(CC(=O)N3CCC(Cc4ccccc4)CC3)c(=O)c2c1S(=O)(=O)N1CCOCC1. The molecule has 0 bridgehead atoms. The quantitative estimate of drug-likeness (QED) is 0.485. The first-order valence-electron chi connectivity index (χ1n) is 12.2. The van der Waals surface area contributed by atoms with Gasteiger partial charge >= 0.3 is 0 Å². The molecule has 3 aromatic rings. The lowest BCUT2D eigenvalue weighted by Gasteiger charge is -2.32. The first-order chi connectivity index (χ1) is 17.3. The number of rotatable bonds is 6. The zero-order chi connectivity index (χ0) is 25.3. The van der Waals surface area contributed by atoms with Gasteiger partial charge in [-0.2, -0.15) is 4.31 Å². The summed E-state index contributed by atoms with van der Waals surface area (Å²) in [5, 5.41) is 0.0702. The van der Waals surface area contributed by atoms with Crippen LogP contribution in [-0.2, 0) is 32.5 Å². The molecular weight excluding hydrogens is 500 g/mol. The number of nitrogens with zero attached hydrogens (tertiary/aromatic N) is 4. The highest BCUT2D eigenvalue weighted by atomic mass is 32.2. The van der Waals surface area contributed by atoms with Crippen molar-refractivity contribution in [2.24, 2.45) is 5.92 Å². The number of sulfonamides is 1. The summed E-state index contributed by atoms with van der Waals surface area (Å²) in [4.78, 5) is 33.5. The molecule has 2 saturated heterocycles. The Morgan fingerprint density at radius 3 is 2.50 bits per heavy atom. The molecule has 0 saturated carbocycles. The van der Waals surface area contributed by atoms with Gasteiger partial charge in [0.05, 0.1) is 24.9 Å². The van der Waals surface area contributed by atoms with Crippen molar-refractivity contribution in [3.05, 3.63) is 57.5 Å². The molecule has 11 heteroatoms. The Bertz CT molecular complexity index is 1400. The van der Waals surface area contributed by atoms with Crippen LogP contribution >= 0.6 is 11.3 Å². The van der Waals surface area contributed by atoms with Gasteiger partial charge in [0.15, 0.2) is 0 Å². The number of thiophene rings is 1. The number of morpholine rings is 1. The third-order valence-electron chi connectivity index (χ3n) is 7.01. The van der Waals surface area contributed by atoms with Crippen LogP contribution in [0.5, 0.6) is 0 Å². The van der Waals surface area contributed by atoms with Gasteiger partial charge in [0.1, 0.15) is 16.3 Å². The Morgan fingerprint density at radius 2 is 1.81 bits per heavy atom. The highest BCUT2D eigenvalue weighted by Crippen LogP contribution is 2.33. The van der Waals surface area contributed by atoms with E-state index in [1.165, 1.54) is 32.1 Å². The molecule has 1 amide bonds. The molecule has 2 aliphatic heterocycles. The van der Waals surface area contributed by atoms with E-state index in [0.717, 1.165) is 19.3 Å². The van der Waals surface area contributed by atoms with Crippen molar-refractivity contribution in [2.75, 3.05) is 39.4 Å². The van der Waals surface area contributed by atoms with E-state index >= 15 is 0 Å². The average molecular weight is 531 g/mol. The van der Waals surface area contributed by atoms with Crippen molar-refractivity contribution >= 4 is 37.5 Å². The molecule has 2 aliphatic rings. The highest BCUT2D eigenvalue weighted by molar-refractivity contribution is 7.89. The first-order valence-corrected chi connectivity index (χ1v) is 14.5. The van der Waals surface area contributed by atoms with E-state index in [2.05, 4.69) is 17.1 Å². The fourth-order valence-corrected chi connectivity index (χ4v) is 8.11. The summed E-state index contributed by atoms with van der Waals surface area (Å²) in [5.74, 6) is 0.375. The van der Waals surface area contributed by atoms with Crippen LogP contribution in [0.25, 0.3) is 10.2 Å². The molecule has 0 atom stereocenters. The van der Waals surface area contributed by atoms with Crippen LogP contribution < -0.4 is 5.56 Å². The number of carbonyl (C=O) groups excluding carboxylic acids is 1. The van der Waals surface area contributed by atoms with Crippen molar-refractivity contribution in [1.29, 1.82) is 0 Å². The molecule has 9 nitrogen and oxygen atoms in total. The van der Waals surface area contributed by atoms with Crippen LogP contribution in [0.2, 0.25) is 0 Å². The minimum Gasteiger partial charge on any atom is -0.379 e. The van der Waals surface area contributed by atoms with E-state index < -0.39 is 15.6 Å². The third kappa shape index (κ3) is 4.97. The van der Waals surface area contributed by atoms with E-state index in [1.54, 1.807) is 11.8 Å². The van der Waals surface area contributed by atoms with E-state index in [9.17, 15) is 18.0 Å². The van der Waals surface area contributed by atoms with Crippen LogP contribution in [0.4, 0.5) is 0 Å². The number of aromatic nitrogens is 2. The Balaban J connectivity index is 1.32. The average Bonchev–Trinajstić information content (AvgIpc) is 3.24. The number of hydrogen-bond acceptors (Lipinski definition) is 7. The largest absolute Gasteiger partial charge is 0.379 e. The maximum absolute atomic E-state index is 13.4. The zero-order valence-electron chi connectivity index (χ0n) is 20.3. The fourth-order valence-electron chi connectivity index (χ4n) is 5.03. The molecule has 192 valence electrons. The number of ether oxygens (including phenoxy) is 1. The molecular formula is C25H30N4O5S2. The highest BCUT2D eigenvalue weighted by Gasteiger charge is 2.33. The molecule has 0 N–H and O–H groups in total. The third-order valence-corrected chi connectivity index (χ3v) is 10.2. The van der Waals surface area contributed by atoms with E-state index in [0.29, 0.717) is 41.9 Å². The molecule has 4 heterocycles. The van der Waals surface area contributed by atoms with Gasteiger partial charge in [-0.05, 0) is 37.7 Å². The molecule has 0 unspecified atom stereocenters. The predicted molar refractivity (Wildman–Crippen MR) is 138 cm³/mol. The number of piperidine rings is 1. The Hall–Kier alpha value is -2.60. The molecule has 2 aromatic heterocycles. The summed E-state index contributed by atoms with van der Waals surface area (Å²) in [5.41, 5.74) is 0.811. The first kappa shape index (κ1) is 25.1. The number of hydrogen-bond donors (Lipinski definition) is 0. The lowest BCUT2D eigenvalue weighted by atomic mass is 9.90. The molecule has 5 rings (SSSR count). The minimum absolute atomic E-state index is 0.00502. The number of carbonyl (C=O) groups is 1. The lowest BCUT2D eigenvalue weighted by molar-refractivity contribution is -0.133. The zero-order valence-corrected chi connectivity index (χ0v) is 21.9. The summed E-state index contributed by atoms with van der Waals surface area (Å²) in [7, 11) is -3.88. The Labute approximate surface area is 214 Å². The van der Waals surface area contributed by atoms with E-state index in [-0.39, 0.29) is 35.8 Å². The second kappa shape index (κ2) is 10.4. The Morgan fingerprint density at radius 1 is 1.11 bits per heavy atom. The number of amides is 1. The summed E-state index contributed by atoms with van der Waals surface area (Å²) in [6, 6.07) is 10.4. The van der Waals surface area contributed by atoms with Gasteiger partial charge in [0, 0.05) is 31.1 Å². The van der Waals surface area contributed by atoms with Crippen LogP contribution in [0, 0.1) is 12.8 Å². The second-order valence-corrected chi connectivity index (χ2v) is 12.5. The number of benzene rings is 1. The van der Waals surface area contributed by atoms with Crippen LogP contribution in [0.15, 0.2) is 46.3 Å². The number of fused-ring (bicyclic) bond motifs is 1. The van der Waals surface area contributed by atoms with Gasteiger partial charge in [-0.3, -0.25) is 14.2 Å². The number of likely N-dealkylation sites (tertiary alicyclic amines) is 1. The van der Waals surface area contributed by atoms with E-state index in [1.807, 2.05) is 18.2 Å². The maximum Gasteiger partial charge on any atom is 0.263 e. The van der Waals surface area contributed by atoms with Crippen molar-refractivity contribution in [3.8, 4) is 0 Å². The lowest BCUT2D eigenvalue weighted by Crippen LogP contribution is -2.42. The molecule has 2 fully saturated rings. The van der Waals surface area contributed by atoms with Crippen LogP contribution in [0.3, 0.4) is 0 Å². The summed E-state index contributed by atoms with van der Waals surface area (Å²) < 4.78 is 34.7. The maximum atomic E-state index is 13.4. The van der Waals surface area contributed by atoms with Gasteiger partial charge in [0.25, 0.3) is 5.56 Å². The van der Waals surface area contributed by atoms with Crippen molar-refractivity contribution in [1.82, 2.24) is 18.8 Å². The summed E-state index contributed by atoms with van der Waals surface area (Å²) >= 11 is 1.18. The normalized spacial score (nSPS) is 18.1. The summed E-state index contributed by atoms with van der Waals surface area (Å²) in [6.45, 7) is 3.95. The molecule has 36 heavy (non-hydrogen) atoms. The monoisotopic (exact) mass is 530 g/mol. The summed E-state index contributed by atoms with van der Waals surface area (Å²) in [6.07, 6.45) is 4.18. The molecule has 0 aliphatic carbocycles. The van der Waals surface area contributed by atoms with Gasteiger partial charge in [0.2, 0.25) is 15.9 Å². The van der Waals surface area contributed by atoms with E-state index in [4.69, 9.17) is 4.74 Å². The van der Waals surface area contributed by atoms with Gasteiger partial charge in [-0.25, -0.2) is 13.4 Å². The van der Waals surface area contributed by atoms with Gasteiger partial charge in [-0.1, -0.05) is 30.3 Å². The number of aryl methyl sites for hydroxylation is 1. The standard InChI is InChI=1S/C25H30N4O5S2/c1-18-23(36(32,33)29-11-13-34-14-12-29)22-24(35-18)26-17-28(25(22)31)16-21(30)27-9-7-20(8-10-27)15-19-5-3-2-4-6-19/h2-6,17,20H,7-16H2,1H3. The topological polar surface area (TPSA) is 102 Å².